The Hall–Kier alpha value is -1.36. The Morgan fingerprint density at radius 1 is 1.47 bits per heavy atom. The molecule has 0 saturated heterocycles. The minimum Gasteiger partial charge on any atom is -0.396 e. The van der Waals surface area contributed by atoms with Crippen molar-refractivity contribution in [2.24, 2.45) is 5.92 Å². The van der Waals surface area contributed by atoms with Gasteiger partial charge < -0.3 is 16.2 Å². The third-order valence-corrected chi connectivity index (χ3v) is 2.72. The fourth-order valence-corrected chi connectivity index (χ4v) is 1.67. The van der Waals surface area contributed by atoms with Crippen LogP contribution in [-0.2, 0) is 6.42 Å². The van der Waals surface area contributed by atoms with E-state index in [0.717, 1.165) is 37.2 Å². The molecule has 17 heavy (non-hydrogen) atoms. The van der Waals surface area contributed by atoms with E-state index in [1.165, 1.54) is 6.33 Å². The molecule has 0 saturated carbocycles. The summed E-state index contributed by atoms with van der Waals surface area (Å²) in [5.74, 6) is 1.79. The molecule has 1 rings (SSSR count). The van der Waals surface area contributed by atoms with Crippen molar-refractivity contribution in [2.75, 3.05) is 24.2 Å². The van der Waals surface area contributed by atoms with Crippen molar-refractivity contribution < 1.29 is 5.11 Å². The van der Waals surface area contributed by atoms with Crippen LogP contribution in [0.3, 0.4) is 0 Å². The number of nitrogens with one attached hydrogen (secondary N) is 1. The average molecular weight is 238 g/mol. The molecular weight excluding hydrogens is 216 g/mol. The topological polar surface area (TPSA) is 84.1 Å². The molecule has 0 aromatic carbocycles. The predicted octanol–water partition coefficient (Wildman–Crippen LogP) is 1.44. The Morgan fingerprint density at radius 2 is 2.24 bits per heavy atom. The van der Waals surface area contributed by atoms with Gasteiger partial charge in [0.25, 0.3) is 0 Å². The molecule has 0 spiro atoms. The Bertz CT molecular complexity index is 343. The lowest BCUT2D eigenvalue weighted by atomic mass is 10.1. The van der Waals surface area contributed by atoms with E-state index in [2.05, 4.69) is 29.1 Å². The Kier molecular flexibility index (Phi) is 5.69. The molecule has 96 valence electrons. The Labute approximate surface area is 102 Å². The van der Waals surface area contributed by atoms with Gasteiger partial charge in [-0.3, -0.25) is 0 Å². The summed E-state index contributed by atoms with van der Waals surface area (Å²) in [5, 5.41) is 12.1. The highest BCUT2D eigenvalue weighted by atomic mass is 16.3. The minimum absolute atomic E-state index is 0.219. The smallest absolute Gasteiger partial charge is 0.134 e. The summed E-state index contributed by atoms with van der Waals surface area (Å²) >= 11 is 0. The van der Waals surface area contributed by atoms with E-state index < -0.39 is 0 Å². The van der Waals surface area contributed by atoms with Gasteiger partial charge in [-0.25, -0.2) is 9.97 Å². The first-order valence-electron chi connectivity index (χ1n) is 6.13. The summed E-state index contributed by atoms with van der Waals surface area (Å²) in [7, 11) is 0. The van der Waals surface area contributed by atoms with Crippen molar-refractivity contribution in [1.82, 2.24) is 9.97 Å². The van der Waals surface area contributed by atoms with E-state index >= 15 is 0 Å². The van der Waals surface area contributed by atoms with E-state index in [1.54, 1.807) is 0 Å². The molecular formula is C12H22N4O. The van der Waals surface area contributed by atoms with E-state index in [9.17, 15) is 0 Å². The molecule has 1 aromatic heterocycles. The summed E-state index contributed by atoms with van der Waals surface area (Å²) in [4.78, 5) is 8.23. The summed E-state index contributed by atoms with van der Waals surface area (Å²) in [6.45, 7) is 5.20. The number of nitrogens with two attached hydrogens (primary N) is 1. The van der Waals surface area contributed by atoms with Crippen LogP contribution in [0, 0.1) is 5.92 Å². The number of anilines is 2. The van der Waals surface area contributed by atoms with Crippen molar-refractivity contribution in [3.8, 4) is 0 Å². The normalized spacial score (nSPS) is 12.4. The second-order valence-corrected chi connectivity index (χ2v) is 4.33. The van der Waals surface area contributed by atoms with E-state index in [-0.39, 0.29) is 6.61 Å². The second kappa shape index (κ2) is 7.06. The monoisotopic (exact) mass is 238 g/mol. The van der Waals surface area contributed by atoms with Gasteiger partial charge in [-0.05, 0) is 18.8 Å². The van der Waals surface area contributed by atoms with Crippen LogP contribution in [0.1, 0.15) is 32.3 Å². The van der Waals surface area contributed by atoms with Crippen molar-refractivity contribution in [3.05, 3.63) is 11.9 Å². The molecule has 1 aromatic rings. The maximum Gasteiger partial charge on any atom is 0.134 e. The molecule has 0 aliphatic carbocycles. The fraction of sp³-hybridized carbons (Fsp3) is 0.667. The number of aromatic nitrogens is 2. The van der Waals surface area contributed by atoms with Crippen molar-refractivity contribution >= 4 is 11.6 Å². The standard InChI is InChI=1S/C12H22N4O/c1-3-4-10-11(13)15-8-16-12(10)14-7-9(2)5-6-17/h8-9,17H,3-7H2,1-2H3,(H3,13,14,15,16). The van der Waals surface area contributed by atoms with Crippen LogP contribution in [0.25, 0.3) is 0 Å². The lowest BCUT2D eigenvalue weighted by Crippen LogP contribution is -2.15. The zero-order valence-electron chi connectivity index (χ0n) is 10.6. The van der Waals surface area contributed by atoms with E-state index in [1.807, 2.05) is 0 Å². The van der Waals surface area contributed by atoms with Crippen molar-refractivity contribution in [2.45, 2.75) is 33.1 Å². The quantitative estimate of drug-likeness (QED) is 0.669. The molecule has 1 atom stereocenters. The Balaban J connectivity index is 2.66. The molecule has 5 heteroatoms. The van der Waals surface area contributed by atoms with E-state index in [4.69, 9.17) is 10.8 Å². The van der Waals surface area contributed by atoms with E-state index in [0.29, 0.717) is 11.7 Å². The lowest BCUT2D eigenvalue weighted by Gasteiger charge is -2.15. The maximum absolute atomic E-state index is 8.84. The number of hydrogen-bond acceptors (Lipinski definition) is 5. The largest absolute Gasteiger partial charge is 0.396 e. The zero-order chi connectivity index (χ0) is 12.7. The lowest BCUT2D eigenvalue weighted by molar-refractivity contribution is 0.266. The van der Waals surface area contributed by atoms with Gasteiger partial charge in [0, 0.05) is 18.7 Å². The summed E-state index contributed by atoms with van der Waals surface area (Å²) < 4.78 is 0. The van der Waals surface area contributed by atoms with Crippen LogP contribution in [0.5, 0.6) is 0 Å². The number of hydrogen-bond donors (Lipinski definition) is 3. The summed E-state index contributed by atoms with van der Waals surface area (Å²) in [5.41, 5.74) is 6.83. The minimum atomic E-state index is 0.219. The molecule has 4 N–H and O–H groups in total. The average Bonchev–Trinajstić information content (AvgIpc) is 2.30. The molecule has 0 bridgehead atoms. The van der Waals surface area contributed by atoms with Crippen LogP contribution in [0.2, 0.25) is 0 Å². The van der Waals surface area contributed by atoms with Gasteiger partial charge in [0.1, 0.15) is 18.0 Å². The highest BCUT2D eigenvalue weighted by Gasteiger charge is 2.09. The first kappa shape index (κ1) is 13.7. The molecule has 0 aliphatic rings. The van der Waals surface area contributed by atoms with Gasteiger partial charge in [0.05, 0.1) is 0 Å². The van der Waals surface area contributed by atoms with Gasteiger partial charge in [-0.15, -0.1) is 0 Å². The highest BCUT2D eigenvalue weighted by Crippen LogP contribution is 2.19. The molecule has 0 radical (unpaired) electrons. The molecule has 1 unspecified atom stereocenters. The van der Waals surface area contributed by atoms with Crippen molar-refractivity contribution in [1.29, 1.82) is 0 Å². The third kappa shape index (κ3) is 4.19. The van der Waals surface area contributed by atoms with Crippen LogP contribution >= 0.6 is 0 Å². The number of rotatable bonds is 7. The van der Waals surface area contributed by atoms with Crippen LogP contribution in [0.15, 0.2) is 6.33 Å². The molecule has 0 aliphatic heterocycles. The van der Waals surface area contributed by atoms with Crippen LogP contribution < -0.4 is 11.1 Å². The first-order valence-corrected chi connectivity index (χ1v) is 6.13. The number of nitrogens with zero attached hydrogens (tertiary/aromatic N) is 2. The molecule has 0 amide bonds. The summed E-state index contributed by atoms with van der Waals surface area (Å²) in [6.07, 6.45) is 4.16. The van der Waals surface area contributed by atoms with Gasteiger partial charge in [0.2, 0.25) is 0 Å². The molecule has 0 fully saturated rings. The second-order valence-electron chi connectivity index (χ2n) is 4.33. The van der Waals surface area contributed by atoms with Crippen LogP contribution in [-0.4, -0.2) is 28.2 Å². The zero-order valence-corrected chi connectivity index (χ0v) is 10.6. The first-order chi connectivity index (χ1) is 8.19. The fourth-order valence-electron chi connectivity index (χ4n) is 1.67. The molecule has 1 heterocycles. The van der Waals surface area contributed by atoms with Gasteiger partial charge in [0.15, 0.2) is 0 Å². The number of aliphatic hydroxyl groups excluding tert-OH is 1. The van der Waals surface area contributed by atoms with Gasteiger partial charge in [-0.1, -0.05) is 20.3 Å². The van der Waals surface area contributed by atoms with Gasteiger partial charge >= 0.3 is 0 Å². The Morgan fingerprint density at radius 3 is 2.88 bits per heavy atom. The summed E-state index contributed by atoms with van der Waals surface area (Å²) in [6, 6.07) is 0. The van der Waals surface area contributed by atoms with Crippen LogP contribution in [0.4, 0.5) is 11.6 Å². The predicted molar refractivity (Wildman–Crippen MR) is 69.8 cm³/mol. The molecule has 5 nitrogen and oxygen atoms in total. The number of aliphatic hydroxyl groups is 1. The maximum atomic E-state index is 8.84. The highest BCUT2D eigenvalue weighted by molar-refractivity contribution is 5.54. The van der Waals surface area contributed by atoms with Gasteiger partial charge in [-0.2, -0.15) is 0 Å². The van der Waals surface area contributed by atoms with Crippen molar-refractivity contribution in [3.63, 3.8) is 0 Å². The number of nitrogen functional groups attached to an aromatic ring is 1. The third-order valence-electron chi connectivity index (χ3n) is 2.72. The SMILES string of the molecule is CCCc1c(N)ncnc1NCC(C)CCO.